The fourth-order valence-corrected chi connectivity index (χ4v) is 7.96. The minimum atomic E-state index is -0.506. The number of hydrogen-bond donors (Lipinski definition) is 3. The third-order valence-corrected chi connectivity index (χ3v) is 10.2. The van der Waals surface area contributed by atoms with Gasteiger partial charge in [0.1, 0.15) is 17.5 Å². The number of hydrogen-bond acceptors (Lipinski definition) is 8. The highest BCUT2D eigenvalue weighted by Gasteiger charge is 2.56. The molecule has 4 heterocycles. The lowest BCUT2D eigenvalue weighted by Gasteiger charge is -2.60. The number of nitrogens with one attached hydrogen (secondary N) is 1. The molecular formula is C34H36N4O5. The summed E-state index contributed by atoms with van der Waals surface area (Å²) in [5.41, 5.74) is 6.86. The van der Waals surface area contributed by atoms with Crippen molar-refractivity contribution >= 4 is 5.91 Å². The Morgan fingerprint density at radius 1 is 1.02 bits per heavy atom. The molecule has 2 bridgehead atoms. The summed E-state index contributed by atoms with van der Waals surface area (Å²) in [6, 6.07) is 12.8. The van der Waals surface area contributed by atoms with Crippen molar-refractivity contribution in [2.45, 2.75) is 70.2 Å². The molecule has 222 valence electrons. The van der Waals surface area contributed by atoms with Crippen LogP contribution in [-0.2, 0) is 24.1 Å². The first-order valence-corrected chi connectivity index (χ1v) is 14.9. The molecule has 3 aromatic carbocycles. The fourth-order valence-electron chi connectivity index (χ4n) is 7.96. The summed E-state index contributed by atoms with van der Waals surface area (Å²) in [5.74, 6) is 1.40. The second kappa shape index (κ2) is 10.2. The Balaban J connectivity index is 1.37. The molecule has 0 radical (unpaired) electrons. The van der Waals surface area contributed by atoms with Crippen molar-refractivity contribution in [2.75, 3.05) is 20.4 Å². The number of carbonyl (C=O) groups is 1. The molecule has 9 heteroatoms. The van der Waals surface area contributed by atoms with Gasteiger partial charge in [0.15, 0.2) is 11.5 Å². The van der Waals surface area contributed by atoms with Gasteiger partial charge < -0.3 is 25.0 Å². The first-order valence-electron chi connectivity index (χ1n) is 14.9. The Bertz CT molecular complexity index is 1680. The van der Waals surface area contributed by atoms with Gasteiger partial charge in [0.2, 0.25) is 12.7 Å². The summed E-state index contributed by atoms with van der Waals surface area (Å²) in [5, 5.41) is 36.9. The average molecular weight is 581 g/mol. The van der Waals surface area contributed by atoms with E-state index in [2.05, 4.69) is 27.3 Å². The molecular weight excluding hydrogens is 544 g/mol. The Morgan fingerprint density at radius 3 is 2.51 bits per heavy atom. The summed E-state index contributed by atoms with van der Waals surface area (Å²) < 4.78 is 11.8. The number of phenolic OH excluding ortho intramolecular Hbond substituents is 2. The lowest BCUT2D eigenvalue weighted by atomic mass is 9.71. The van der Waals surface area contributed by atoms with E-state index in [1.165, 1.54) is 0 Å². The highest BCUT2D eigenvalue weighted by molar-refractivity contribution is 5.78. The monoisotopic (exact) mass is 580 g/mol. The van der Waals surface area contributed by atoms with Crippen molar-refractivity contribution in [1.82, 2.24) is 15.1 Å². The van der Waals surface area contributed by atoms with Gasteiger partial charge >= 0.3 is 0 Å². The molecule has 3 aromatic rings. The molecule has 43 heavy (non-hydrogen) atoms. The van der Waals surface area contributed by atoms with Crippen LogP contribution in [0.15, 0.2) is 36.4 Å². The molecule has 0 aliphatic carbocycles. The van der Waals surface area contributed by atoms with Crippen LogP contribution in [0.4, 0.5) is 0 Å². The van der Waals surface area contributed by atoms with E-state index < -0.39 is 12.1 Å². The van der Waals surface area contributed by atoms with Gasteiger partial charge in [-0.3, -0.25) is 14.6 Å². The second-order valence-electron chi connectivity index (χ2n) is 12.3. The van der Waals surface area contributed by atoms with Crippen molar-refractivity contribution in [1.29, 1.82) is 5.26 Å². The van der Waals surface area contributed by atoms with Gasteiger partial charge in [-0.25, -0.2) is 0 Å². The zero-order valence-corrected chi connectivity index (χ0v) is 24.8. The zero-order chi connectivity index (χ0) is 30.2. The molecule has 4 aliphatic rings. The van der Waals surface area contributed by atoms with Gasteiger partial charge in [0, 0.05) is 40.9 Å². The molecule has 1 saturated heterocycles. The van der Waals surface area contributed by atoms with Gasteiger partial charge in [-0.2, -0.15) is 5.26 Å². The molecule has 0 aromatic heterocycles. The molecule has 0 spiro atoms. The van der Waals surface area contributed by atoms with Crippen molar-refractivity contribution in [3.05, 3.63) is 80.9 Å². The van der Waals surface area contributed by atoms with E-state index >= 15 is 0 Å². The number of fused-ring (bicyclic) bond motifs is 9. The Kier molecular flexibility index (Phi) is 6.53. The summed E-state index contributed by atoms with van der Waals surface area (Å²) in [6.07, 6.45) is 1.30. The van der Waals surface area contributed by atoms with E-state index in [1.807, 2.05) is 58.2 Å². The predicted octanol–water partition coefficient (Wildman–Crippen LogP) is 3.88. The first kappa shape index (κ1) is 27.6. The normalized spacial score (nSPS) is 25.3. The van der Waals surface area contributed by atoms with Gasteiger partial charge in [-0.1, -0.05) is 36.4 Å². The van der Waals surface area contributed by atoms with Crippen molar-refractivity contribution in [2.24, 2.45) is 0 Å². The maximum absolute atomic E-state index is 13.2. The maximum atomic E-state index is 13.2. The molecule has 0 saturated carbocycles. The summed E-state index contributed by atoms with van der Waals surface area (Å²) in [7, 11) is 2.03. The largest absolute Gasteiger partial charge is 0.507 e. The van der Waals surface area contributed by atoms with Gasteiger partial charge in [0.25, 0.3) is 0 Å². The van der Waals surface area contributed by atoms with Crippen LogP contribution in [0.5, 0.6) is 23.0 Å². The highest BCUT2D eigenvalue weighted by atomic mass is 16.7. The van der Waals surface area contributed by atoms with E-state index in [4.69, 9.17) is 9.47 Å². The fraction of sp³-hybridized carbons (Fsp3) is 0.412. The number of nitrogens with zero attached hydrogens (tertiary/aromatic N) is 3. The van der Waals surface area contributed by atoms with Gasteiger partial charge in [-0.15, -0.1) is 0 Å². The Hall–Kier alpha value is -4.26. The standard InChI is InChI=1S/C34H36N4O5/c1-17-10-21-12-23-25(14-35)38-24(30(37(23)4)28(21)32(41)18(17)2)13-22-29(34-33(42-16-43-34)19(3)31(22)40)26(38)15-36-27(39)11-20-8-6-5-7-9-20/h5-10,23-26,30,40-41H,11-13,15-16H2,1-4H3,(H,36,39)/t23-,24?,25+,26+,30+/m1/s1. The molecule has 1 unspecified atom stereocenters. The van der Waals surface area contributed by atoms with Crippen LogP contribution in [0.25, 0.3) is 0 Å². The van der Waals surface area contributed by atoms with E-state index in [0.29, 0.717) is 35.7 Å². The third-order valence-electron chi connectivity index (χ3n) is 10.2. The number of benzene rings is 3. The van der Waals surface area contributed by atoms with Crippen LogP contribution < -0.4 is 14.8 Å². The molecule has 1 amide bonds. The van der Waals surface area contributed by atoms with Gasteiger partial charge in [0.05, 0.1) is 24.6 Å². The Morgan fingerprint density at radius 2 is 1.77 bits per heavy atom. The smallest absolute Gasteiger partial charge is 0.231 e. The number of piperazine rings is 1. The number of amides is 1. The molecule has 5 atom stereocenters. The van der Waals surface area contributed by atoms with Crippen molar-refractivity contribution in [3.63, 3.8) is 0 Å². The minimum absolute atomic E-state index is 0.0398. The summed E-state index contributed by atoms with van der Waals surface area (Å²) >= 11 is 0. The third kappa shape index (κ3) is 4.08. The van der Waals surface area contributed by atoms with E-state index in [0.717, 1.165) is 38.9 Å². The van der Waals surface area contributed by atoms with Crippen LogP contribution in [0.1, 0.15) is 56.6 Å². The number of carbonyl (C=O) groups excluding carboxylic acids is 1. The highest BCUT2D eigenvalue weighted by Crippen LogP contribution is 2.57. The van der Waals surface area contributed by atoms with Crippen LogP contribution in [0.2, 0.25) is 0 Å². The number of ether oxygens (including phenoxy) is 2. The van der Waals surface area contributed by atoms with E-state index in [-0.39, 0.29) is 49.5 Å². The summed E-state index contributed by atoms with van der Waals surface area (Å²) in [4.78, 5) is 17.7. The molecule has 9 nitrogen and oxygen atoms in total. The van der Waals surface area contributed by atoms with Crippen molar-refractivity contribution in [3.8, 4) is 29.1 Å². The molecule has 7 rings (SSSR count). The van der Waals surface area contributed by atoms with Crippen LogP contribution >= 0.6 is 0 Å². The SMILES string of the molecule is Cc1cc2c(c(O)c1C)[C@@H]1C3Cc4c(O)c(C)c5c(c4[C@H](CNC(=O)Cc4ccccc4)N3[C@@H](C#N)[C@@H](C2)N1C)OCO5. The Labute approximate surface area is 251 Å². The predicted molar refractivity (Wildman–Crippen MR) is 159 cm³/mol. The van der Waals surface area contributed by atoms with E-state index in [1.54, 1.807) is 0 Å². The van der Waals surface area contributed by atoms with Crippen LogP contribution in [-0.4, -0.2) is 64.4 Å². The molecule has 3 N–H and O–H groups in total. The quantitative estimate of drug-likeness (QED) is 0.426. The van der Waals surface area contributed by atoms with E-state index in [9.17, 15) is 20.3 Å². The second-order valence-corrected chi connectivity index (χ2v) is 12.3. The van der Waals surface area contributed by atoms with Crippen molar-refractivity contribution < 1.29 is 24.5 Å². The number of aryl methyl sites for hydroxylation is 1. The lowest BCUT2D eigenvalue weighted by Crippen LogP contribution is -2.68. The number of rotatable bonds is 4. The maximum Gasteiger partial charge on any atom is 0.231 e. The summed E-state index contributed by atoms with van der Waals surface area (Å²) in [6.45, 7) is 6.03. The number of aromatic hydroxyl groups is 2. The number of phenols is 2. The first-order chi connectivity index (χ1) is 20.7. The van der Waals surface area contributed by atoms with Crippen LogP contribution in [0.3, 0.4) is 0 Å². The molecule has 4 aliphatic heterocycles. The lowest BCUT2D eigenvalue weighted by molar-refractivity contribution is -0.121. The number of likely N-dealkylation sites (N-methyl/N-ethyl adjacent to an activating group) is 1. The zero-order valence-electron chi connectivity index (χ0n) is 24.8. The topological polar surface area (TPSA) is 118 Å². The molecule has 1 fully saturated rings. The van der Waals surface area contributed by atoms with Crippen LogP contribution in [0, 0.1) is 32.1 Å². The van der Waals surface area contributed by atoms with Gasteiger partial charge in [-0.05, 0) is 62.9 Å². The average Bonchev–Trinajstić information content (AvgIpc) is 3.49. The number of nitriles is 1. The minimum Gasteiger partial charge on any atom is -0.507 e.